The van der Waals surface area contributed by atoms with Crippen LogP contribution in [0, 0.1) is 5.92 Å². The summed E-state index contributed by atoms with van der Waals surface area (Å²) in [6.07, 6.45) is 1.98. The number of nitrogens with two attached hydrogens (primary N) is 2. The lowest BCUT2D eigenvalue weighted by Crippen LogP contribution is -2.56. The molecule has 6 N–H and O–H groups in total. The van der Waals surface area contributed by atoms with Crippen molar-refractivity contribution in [1.82, 2.24) is 10.6 Å². The van der Waals surface area contributed by atoms with Crippen molar-refractivity contribution < 1.29 is 9.59 Å². The van der Waals surface area contributed by atoms with Crippen LogP contribution in [0.5, 0.6) is 0 Å². The number of urea groups is 1. The molecule has 2 fully saturated rings. The molecule has 1 saturated heterocycles. The van der Waals surface area contributed by atoms with Gasteiger partial charge < -0.3 is 22.1 Å². The molecule has 0 aromatic carbocycles. The van der Waals surface area contributed by atoms with E-state index in [1.54, 1.807) is 6.92 Å². The largest absolute Gasteiger partial charge is 0.402 e. The predicted octanol–water partition coefficient (Wildman–Crippen LogP) is -0.403. The van der Waals surface area contributed by atoms with E-state index in [-0.39, 0.29) is 23.8 Å². The van der Waals surface area contributed by atoms with E-state index in [0.29, 0.717) is 25.1 Å². The van der Waals surface area contributed by atoms with Crippen LogP contribution >= 0.6 is 0 Å². The van der Waals surface area contributed by atoms with Gasteiger partial charge in [0.1, 0.15) is 0 Å². The number of hydrogen-bond acceptors (Lipinski definition) is 4. The second-order valence-corrected chi connectivity index (χ2v) is 5.21. The fourth-order valence-corrected chi connectivity index (χ4v) is 2.92. The number of nitrogens with one attached hydrogen (secondary N) is 2. The van der Waals surface area contributed by atoms with E-state index in [1.807, 2.05) is 0 Å². The van der Waals surface area contributed by atoms with Gasteiger partial charge in [-0.25, -0.2) is 4.79 Å². The summed E-state index contributed by atoms with van der Waals surface area (Å²) in [6.45, 7) is 2.46. The molecule has 6 heteroatoms. The topological polar surface area (TPSA) is 110 Å². The standard InChI is InChI=1S/C12H20N4O2/c1-6(13)9-4-10-7(3-11(9)17)2-8(5-15-10)16-12(14)18/h7-8,10,15H,2-5,13H2,1H3,(H3,14,16,18)/b9-6-. The van der Waals surface area contributed by atoms with Gasteiger partial charge in [0.05, 0.1) is 0 Å². The van der Waals surface area contributed by atoms with Crippen LogP contribution in [-0.2, 0) is 4.79 Å². The lowest BCUT2D eigenvalue weighted by molar-refractivity contribution is -0.118. The molecule has 1 aliphatic carbocycles. The van der Waals surface area contributed by atoms with E-state index in [4.69, 9.17) is 11.5 Å². The number of piperidine rings is 1. The van der Waals surface area contributed by atoms with Crippen molar-refractivity contribution in [3.8, 4) is 0 Å². The Morgan fingerprint density at radius 1 is 1.39 bits per heavy atom. The summed E-state index contributed by atoms with van der Waals surface area (Å²) >= 11 is 0. The Kier molecular flexibility index (Phi) is 3.56. The van der Waals surface area contributed by atoms with Gasteiger partial charge in [-0.1, -0.05) is 0 Å². The summed E-state index contributed by atoms with van der Waals surface area (Å²) in [5.74, 6) is 0.393. The number of carbonyl (C=O) groups excluding carboxylic acids is 2. The first-order chi connectivity index (χ1) is 8.47. The number of primary amides is 1. The first-order valence-corrected chi connectivity index (χ1v) is 6.25. The zero-order valence-corrected chi connectivity index (χ0v) is 10.5. The maximum atomic E-state index is 11.9. The molecule has 0 aromatic heterocycles. The number of rotatable bonds is 1. The van der Waals surface area contributed by atoms with Crippen LogP contribution in [-0.4, -0.2) is 30.4 Å². The van der Waals surface area contributed by atoms with E-state index in [0.717, 1.165) is 12.0 Å². The highest BCUT2D eigenvalue weighted by molar-refractivity contribution is 5.97. The van der Waals surface area contributed by atoms with Gasteiger partial charge in [0.2, 0.25) is 0 Å². The monoisotopic (exact) mass is 252 g/mol. The summed E-state index contributed by atoms with van der Waals surface area (Å²) in [7, 11) is 0. The second-order valence-electron chi connectivity index (χ2n) is 5.21. The van der Waals surface area contributed by atoms with E-state index in [1.165, 1.54) is 0 Å². The number of Topliss-reactive ketones (excluding diaryl/α,β-unsaturated/α-hetero) is 1. The summed E-state index contributed by atoms with van der Waals surface area (Å²) in [4.78, 5) is 22.8. The van der Waals surface area contributed by atoms with Crippen LogP contribution in [0.4, 0.5) is 4.79 Å². The normalized spacial score (nSPS) is 34.7. The molecule has 3 atom stereocenters. The Bertz CT molecular complexity index is 401. The number of amides is 2. The van der Waals surface area contributed by atoms with E-state index in [2.05, 4.69) is 10.6 Å². The molecule has 0 aromatic rings. The zero-order chi connectivity index (χ0) is 13.3. The highest BCUT2D eigenvalue weighted by Gasteiger charge is 2.37. The van der Waals surface area contributed by atoms with Crippen molar-refractivity contribution in [2.24, 2.45) is 17.4 Å². The number of hydrogen-bond donors (Lipinski definition) is 4. The minimum absolute atomic E-state index is 0.0149. The van der Waals surface area contributed by atoms with Crippen molar-refractivity contribution in [1.29, 1.82) is 0 Å². The molecule has 1 aliphatic heterocycles. The van der Waals surface area contributed by atoms with Crippen LogP contribution < -0.4 is 22.1 Å². The fraction of sp³-hybridized carbons (Fsp3) is 0.667. The molecule has 1 heterocycles. The third-order valence-electron chi connectivity index (χ3n) is 3.81. The third-order valence-corrected chi connectivity index (χ3v) is 3.81. The maximum Gasteiger partial charge on any atom is 0.312 e. The van der Waals surface area contributed by atoms with E-state index in [9.17, 15) is 9.59 Å². The minimum atomic E-state index is -0.513. The van der Waals surface area contributed by atoms with Crippen molar-refractivity contribution in [2.75, 3.05) is 6.54 Å². The van der Waals surface area contributed by atoms with Crippen molar-refractivity contribution in [3.63, 3.8) is 0 Å². The first-order valence-electron chi connectivity index (χ1n) is 6.25. The van der Waals surface area contributed by atoms with E-state index < -0.39 is 6.03 Å². The summed E-state index contributed by atoms with van der Waals surface area (Å²) in [5, 5.41) is 6.06. The molecule has 2 rings (SSSR count). The van der Waals surface area contributed by atoms with Crippen LogP contribution in [0.25, 0.3) is 0 Å². The van der Waals surface area contributed by atoms with Gasteiger partial charge >= 0.3 is 6.03 Å². The van der Waals surface area contributed by atoms with Crippen molar-refractivity contribution in [3.05, 3.63) is 11.3 Å². The predicted molar refractivity (Wildman–Crippen MR) is 67.5 cm³/mol. The number of ketones is 1. The molecule has 18 heavy (non-hydrogen) atoms. The Balaban J connectivity index is 2.02. The van der Waals surface area contributed by atoms with Crippen LogP contribution in [0.2, 0.25) is 0 Å². The molecule has 1 saturated carbocycles. The second kappa shape index (κ2) is 4.97. The van der Waals surface area contributed by atoms with Crippen LogP contribution in [0.1, 0.15) is 26.2 Å². The molecule has 0 spiro atoms. The Hall–Kier alpha value is -1.56. The fourth-order valence-electron chi connectivity index (χ4n) is 2.92. The van der Waals surface area contributed by atoms with E-state index >= 15 is 0 Å². The molecule has 2 amide bonds. The average Bonchev–Trinajstić information content (AvgIpc) is 2.26. The van der Waals surface area contributed by atoms with Gasteiger partial charge in [-0.2, -0.15) is 0 Å². The summed E-state index contributed by atoms with van der Waals surface area (Å²) in [5.41, 5.74) is 12.2. The van der Waals surface area contributed by atoms with Crippen LogP contribution in [0.15, 0.2) is 11.3 Å². The van der Waals surface area contributed by atoms with Gasteiger partial charge in [0.15, 0.2) is 5.78 Å². The SMILES string of the molecule is C/C(N)=C1\CC2NCC(NC(N)=O)CC2CC1=O. The quantitative estimate of drug-likeness (QED) is 0.476. The lowest BCUT2D eigenvalue weighted by Gasteiger charge is -2.40. The molecule has 0 radical (unpaired) electrons. The maximum absolute atomic E-state index is 11.9. The lowest BCUT2D eigenvalue weighted by atomic mass is 9.75. The highest BCUT2D eigenvalue weighted by Crippen LogP contribution is 2.32. The van der Waals surface area contributed by atoms with Gasteiger partial charge in [-0.05, 0) is 25.7 Å². The van der Waals surface area contributed by atoms with Gasteiger partial charge in [0, 0.05) is 36.3 Å². The van der Waals surface area contributed by atoms with Crippen molar-refractivity contribution in [2.45, 2.75) is 38.3 Å². The third kappa shape index (κ3) is 2.64. The van der Waals surface area contributed by atoms with Crippen molar-refractivity contribution >= 4 is 11.8 Å². The van der Waals surface area contributed by atoms with Gasteiger partial charge in [0.25, 0.3) is 0 Å². The molecule has 0 bridgehead atoms. The molecule has 6 nitrogen and oxygen atoms in total. The molecular weight excluding hydrogens is 232 g/mol. The Labute approximate surface area is 106 Å². The molecular formula is C12H20N4O2. The number of fused-ring (bicyclic) bond motifs is 1. The first kappa shape index (κ1) is 12.9. The Morgan fingerprint density at radius 3 is 2.72 bits per heavy atom. The van der Waals surface area contributed by atoms with Crippen LogP contribution in [0.3, 0.4) is 0 Å². The molecule has 2 aliphatic rings. The Morgan fingerprint density at radius 2 is 2.11 bits per heavy atom. The zero-order valence-electron chi connectivity index (χ0n) is 10.5. The highest BCUT2D eigenvalue weighted by atomic mass is 16.2. The number of carbonyl (C=O) groups is 2. The summed E-state index contributed by atoms with van der Waals surface area (Å²) in [6, 6.07) is -0.219. The average molecular weight is 252 g/mol. The minimum Gasteiger partial charge on any atom is -0.402 e. The summed E-state index contributed by atoms with van der Waals surface area (Å²) < 4.78 is 0. The van der Waals surface area contributed by atoms with Gasteiger partial charge in [-0.15, -0.1) is 0 Å². The van der Waals surface area contributed by atoms with Gasteiger partial charge in [-0.3, -0.25) is 4.79 Å². The smallest absolute Gasteiger partial charge is 0.312 e. The molecule has 3 unspecified atom stereocenters. The molecule has 100 valence electrons. The number of allylic oxidation sites excluding steroid dienone is 1.